The van der Waals surface area contributed by atoms with Gasteiger partial charge in [-0.25, -0.2) is 13.4 Å². The summed E-state index contributed by atoms with van der Waals surface area (Å²) in [6.07, 6.45) is 0.993. The third-order valence-corrected chi connectivity index (χ3v) is 6.18. The van der Waals surface area contributed by atoms with Gasteiger partial charge in [-0.15, -0.1) is 0 Å². The van der Waals surface area contributed by atoms with Crippen LogP contribution in [0.15, 0.2) is 53.5 Å². The Morgan fingerprint density at radius 3 is 2.34 bits per heavy atom. The molecule has 0 unspecified atom stereocenters. The van der Waals surface area contributed by atoms with Crippen LogP contribution in [0, 0.1) is 5.41 Å². The zero-order chi connectivity index (χ0) is 22.9. The molecule has 4 rings (SSSR count). The number of nitrogens with zero attached hydrogens (tertiary/aromatic N) is 3. The molecule has 1 saturated heterocycles. The summed E-state index contributed by atoms with van der Waals surface area (Å²) in [5.74, 6) is 1.89. The molecule has 0 aliphatic carbocycles. The highest BCUT2D eigenvalue weighted by molar-refractivity contribution is 7.89. The van der Waals surface area contributed by atoms with Crippen LogP contribution in [0.1, 0.15) is 19.4 Å². The van der Waals surface area contributed by atoms with Gasteiger partial charge in [0.05, 0.1) is 17.2 Å². The first-order chi connectivity index (χ1) is 15.1. The maximum absolute atomic E-state index is 12.4. The van der Waals surface area contributed by atoms with Crippen molar-refractivity contribution in [1.82, 2.24) is 14.5 Å². The van der Waals surface area contributed by atoms with Gasteiger partial charge in [-0.3, -0.25) is 14.4 Å². The molecule has 0 aromatic heterocycles. The number of carbonyl (C=O) groups is 1. The number of nitrogens with one attached hydrogen (secondary N) is 1. The van der Waals surface area contributed by atoms with Gasteiger partial charge >= 0.3 is 0 Å². The van der Waals surface area contributed by atoms with Crippen molar-refractivity contribution in [3.63, 3.8) is 0 Å². The summed E-state index contributed by atoms with van der Waals surface area (Å²) in [6, 6.07) is 15.6. The number of para-hydroxylation sites is 3. The summed E-state index contributed by atoms with van der Waals surface area (Å²) in [7, 11) is -3.58. The van der Waals surface area contributed by atoms with Crippen LogP contribution in [0.5, 0.6) is 11.5 Å². The fourth-order valence-electron chi connectivity index (χ4n) is 3.97. The molecule has 0 radical (unpaired) electrons. The van der Waals surface area contributed by atoms with Crippen LogP contribution in [-0.4, -0.2) is 68.9 Å². The van der Waals surface area contributed by atoms with Gasteiger partial charge in [-0.1, -0.05) is 24.3 Å². The molecule has 0 bridgehead atoms. The van der Waals surface area contributed by atoms with E-state index in [1.54, 1.807) is 13.8 Å². The molecular formula is C23H28N4O4S. The minimum atomic E-state index is -3.58. The lowest BCUT2D eigenvalue weighted by molar-refractivity contribution is -0.128. The molecule has 2 heterocycles. The average molecular weight is 457 g/mol. The number of aliphatic imine (C=N–C) groups is 1. The second-order valence-corrected chi connectivity index (χ2v) is 10.6. The van der Waals surface area contributed by atoms with Crippen molar-refractivity contribution in [2.45, 2.75) is 13.8 Å². The van der Waals surface area contributed by atoms with Gasteiger partial charge in [0, 0.05) is 32.7 Å². The monoisotopic (exact) mass is 456 g/mol. The van der Waals surface area contributed by atoms with Crippen molar-refractivity contribution in [2.24, 2.45) is 10.4 Å². The minimum Gasteiger partial charge on any atom is -0.454 e. The summed E-state index contributed by atoms with van der Waals surface area (Å²) in [5.41, 5.74) is 0.912. The summed E-state index contributed by atoms with van der Waals surface area (Å²) < 4.78 is 31.1. The topological polar surface area (TPSA) is 91.3 Å². The zero-order valence-electron chi connectivity index (χ0n) is 18.5. The summed E-state index contributed by atoms with van der Waals surface area (Å²) in [5, 5.41) is 0. The van der Waals surface area contributed by atoms with Crippen LogP contribution in [0.25, 0.3) is 0 Å². The Morgan fingerprint density at radius 2 is 1.66 bits per heavy atom. The zero-order valence-corrected chi connectivity index (χ0v) is 19.4. The van der Waals surface area contributed by atoms with Crippen LogP contribution in [0.4, 0.5) is 5.69 Å². The van der Waals surface area contributed by atoms with Gasteiger partial charge in [0.1, 0.15) is 17.3 Å². The van der Waals surface area contributed by atoms with Crippen LogP contribution >= 0.6 is 0 Å². The van der Waals surface area contributed by atoms with Gasteiger partial charge in [0.15, 0.2) is 5.75 Å². The lowest BCUT2D eigenvalue weighted by Gasteiger charge is -2.39. The van der Waals surface area contributed by atoms with E-state index in [9.17, 15) is 13.2 Å². The van der Waals surface area contributed by atoms with E-state index in [-0.39, 0.29) is 0 Å². The van der Waals surface area contributed by atoms with Crippen molar-refractivity contribution in [3.8, 4) is 11.5 Å². The predicted molar refractivity (Wildman–Crippen MR) is 124 cm³/mol. The molecule has 2 aromatic rings. The number of hydrogen-bond acceptors (Lipinski definition) is 7. The largest absolute Gasteiger partial charge is 0.454 e. The Morgan fingerprint density at radius 1 is 1.03 bits per heavy atom. The summed E-state index contributed by atoms with van der Waals surface area (Å²) >= 11 is 0. The first-order valence-electron chi connectivity index (χ1n) is 10.6. The molecule has 1 N–H and O–H groups in total. The highest BCUT2D eigenvalue weighted by atomic mass is 32.2. The van der Waals surface area contributed by atoms with Crippen molar-refractivity contribution in [1.29, 1.82) is 0 Å². The number of carbonyl (C=O) groups excluding carboxylic acids is 1. The Balaban J connectivity index is 1.49. The third kappa shape index (κ3) is 4.94. The van der Waals surface area contributed by atoms with E-state index in [0.717, 1.165) is 61.0 Å². The van der Waals surface area contributed by atoms with Gasteiger partial charge in [0.2, 0.25) is 15.9 Å². The fraction of sp³-hybridized carbons (Fsp3) is 0.391. The van der Waals surface area contributed by atoms with Gasteiger partial charge in [0.25, 0.3) is 0 Å². The van der Waals surface area contributed by atoms with Crippen molar-refractivity contribution >= 4 is 27.5 Å². The number of fused-ring (bicyclic) bond motifs is 2. The molecule has 2 aliphatic rings. The maximum atomic E-state index is 12.4. The van der Waals surface area contributed by atoms with E-state index in [1.807, 2.05) is 48.5 Å². The van der Waals surface area contributed by atoms with Crippen LogP contribution in [0.3, 0.4) is 0 Å². The summed E-state index contributed by atoms with van der Waals surface area (Å²) in [4.78, 5) is 21.8. The van der Waals surface area contributed by atoms with Gasteiger partial charge in [-0.05, 0) is 38.1 Å². The lowest BCUT2D eigenvalue weighted by Crippen LogP contribution is -2.53. The number of ether oxygens (including phenoxy) is 1. The molecule has 9 heteroatoms. The van der Waals surface area contributed by atoms with E-state index in [0.29, 0.717) is 6.54 Å². The normalized spacial score (nSPS) is 16.8. The first-order valence-corrected chi connectivity index (χ1v) is 12.5. The molecule has 0 spiro atoms. The van der Waals surface area contributed by atoms with Crippen molar-refractivity contribution < 1.29 is 17.9 Å². The minimum absolute atomic E-state index is 0.469. The van der Waals surface area contributed by atoms with Crippen LogP contribution in [0.2, 0.25) is 0 Å². The fourth-order valence-corrected chi connectivity index (χ4v) is 4.58. The number of piperazine rings is 1. The van der Waals surface area contributed by atoms with Gasteiger partial charge < -0.3 is 9.64 Å². The molecule has 8 nitrogen and oxygen atoms in total. The molecule has 2 aromatic carbocycles. The van der Waals surface area contributed by atoms with E-state index >= 15 is 0 Å². The molecule has 0 saturated carbocycles. The standard InChI is InChI=1S/C23H28N4O4S/c1-23(2,22(28)25-32(3,29)30)16-26-12-14-27(15-13-26)21-17-8-4-6-10-19(17)31-20-11-7-5-9-18(20)24-21/h4-11H,12-16H2,1-3H3,(H,25,28). The number of hydrogen-bond donors (Lipinski definition) is 1. The molecule has 2 aliphatic heterocycles. The molecule has 0 atom stereocenters. The van der Waals surface area contributed by atoms with Crippen molar-refractivity contribution in [2.75, 3.05) is 39.0 Å². The van der Waals surface area contributed by atoms with Crippen LogP contribution in [-0.2, 0) is 14.8 Å². The Labute approximate surface area is 188 Å². The average Bonchev–Trinajstić information content (AvgIpc) is 2.89. The molecule has 1 fully saturated rings. The second-order valence-electron chi connectivity index (χ2n) is 8.85. The SMILES string of the molecule is CC(C)(CN1CCN(C2=Nc3ccccc3Oc3ccccc32)CC1)C(=O)NS(C)(=O)=O. The predicted octanol–water partition coefficient (Wildman–Crippen LogP) is 2.59. The third-order valence-electron chi connectivity index (χ3n) is 5.62. The van der Waals surface area contributed by atoms with E-state index < -0.39 is 21.3 Å². The van der Waals surface area contributed by atoms with E-state index in [1.165, 1.54) is 0 Å². The Bertz CT molecular complexity index is 1150. The van der Waals surface area contributed by atoms with E-state index in [2.05, 4.69) is 14.5 Å². The number of sulfonamides is 1. The van der Waals surface area contributed by atoms with Crippen LogP contribution < -0.4 is 9.46 Å². The number of amidine groups is 1. The summed E-state index contributed by atoms with van der Waals surface area (Å²) in [6.45, 7) is 6.94. The molecular weight excluding hydrogens is 428 g/mol. The second kappa shape index (κ2) is 8.55. The lowest BCUT2D eigenvalue weighted by atomic mass is 9.91. The number of rotatable bonds is 4. The quantitative estimate of drug-likeness (QED) is 0.761. The number of benzene rings is 2. The number of amides is 1. The van der Waals surface area contributed by atoms with Gasteiger partial charge in [-0.2, -0.15) is 0 Å². The van der Waals surface area contributed by atoms with Crippen molar-refractivity contribution in [3.05, 3.63) is 54.1 Å². The molecule has 170 valence electrons. The smallest absolute Gasteiger partial charge is 0.240 e. The Hall–Kier alpha value is -2.91. The highest BCUT2D eigenvalue weighted by Gasteiger charge is 2.34. The maximum Gasteiger partial charge on any atom is 0.240 e. The highest BCUT2D eigenvalue weighted by Crippen LogP contribution is 2.38. The molecule has 32 heavy (non-hydrogen) atoms. The molecule has 1 amide bonds. The van der Waals surface area contributed by atoms with E-state index in [4.69, 9.17) is 9.73 Å². The Kier molecular flexibility index (Phi) is 5.96. The first kappa shape index (κ1) is 22.3.